The van der Waals surface area contributed by atoms with Crippen molar-refractivity contribution in [2.24, 2.45) is 5.10 Å². The predicted octanol–water partition coefficient (Wildman–Crippen LogP) is 4.22. The quantitative estimate of drug-likeness (QED) is 0.383. The number of amides is 1. The minimum absolute atomic E-state index is 0.228. The Hall–Kier alpha value is -2.41. The minimum atomic E-state index is -0.228. The van der Waals surface area contributed by atoms with E-state index in [-0.39, 0.29) is 5.91 Å². The van der Waals surface area contributed by atoms with Crippen LogP contribution in [0.1, 0.15) is 15.9 Å². The van der Waals surface area contributed by atoms with E-state index in [1.54, 1.807) is 19.4 Å². The summed E-state index contributed by atoms with van der Waals surface area (Å²) >= 11 is 2.13. The van der Waals surface area contributed by atoms with E-state index in [9.17, 15) is 4.79 Å². The molecule has 0 aromatic heterocycles. The van der Waals surface area contributed by atoms with Crippen LogP contribution in [0.3, 0.4) is 0 Å². The molecule has 0 atom stereocenters. The van der Waals surface area contributed by atoms with Gasteiger partial charge in [0.15, 0.2) is 0 Å². The smallest absolute Gasteiger partial charge is 0.272 e. The van der Waals surface area contributed by atoms with Crippen LogP contribution in [0.4, 0.5) is 0 Å². The molecule has 0 bridgehead atoms. The van der Waals surface area contributed by atoms with Gasteiger partial charge in [0.1, 0.15) is 5.75 Å². The molecule has 3 rings (SSSR count). The number of nitrogens with zero attached hydrogens (tertiary/aromatic N) is 1. The summed E-state index contributed by atoms with van der Waals surface area (Å²) in [6.07, 6.45) is 1.65. The number of hydrazone groups is 1. The molecule has 1 N–H and O–H groups in total. The van der Waals surface area contributed by atoms with Gasteiger partial charge in [-0.05, 0) is 52.2 Å². The van der Waals surface area contributed by atoms with Crippen LogP contribution in [0.5, 0.6) is 5.75 Å². The molecule has 0 saturated heterocycles. The van der Waals surface area contributed by atoms with Crippen LogP contribution >= 0.6 is 22.6 Å². The average Bonchev–Trinajstić information content (AvgIpc) is 2.62. The highest BCUT2D eigenvalue weighted by molar-refractivity contribution is 14.1. The molecule has 3 aromatic rings. The standard InChI is InChI=1S/C19H15IN2O2/c1-24-18-11-10-13(14-6-2-3-7-15(14)18)12-21-22-19(23)16-8-4-5-9-17(16)20/h2-12H,1H3,(H,22,23). The van der Waals surface area contributed by atoms with Gasteiger partial charge in [0.05, 0.1) is 18.9 Å². The topological polar surface area (TPSA) is 50.7 Å². The Morgan fingerprint density at radius 2 is 1.75 bits per heavy atom. The van der Waals surface area contributed by atoms with Crippen molar-refractivity contribution in [1.82, 2.24) is 5.43 Å². The number of fused-ring (bicyclic) bond motifs is 1. The minimum Gasteiger partial charge on any atom is -0.496 e. The van der Waals surface area contributed by atoms with Crippen molar-refractivity contribution in [2.75, 3.05) is 7.11 Å². The van der Waals surface area contributed by atoms with Crippen molar-refractivity contribution in [2.45, 2.75) is 0 Å². The average molecular weight is 430 g/mol. The normalized spacial score (nSPS) is 10.9. The second kappa shape index (κ2) is 7.44. The summed E-state index contributed by atoms with van der Waals surface area (Å²) in [6.45, 7) is 0. The van der Waals surface area contributed by atoms with Crippen LogP contribution in [-0.4, -0.2) is 19.2 Å². The number of halogens is 1. The fraction of sp³-hybridized carbons (Fsp3) is 0.0526. The Bertz CT molecular complexity index is 922. The van der Waals surface area contributed by atoms with Crippen LogP contribution in [0, 0.1) is 3.57 Å². The molecule has 0 spiro atoms. The van der Waals surface area contributed by atoms with Crippen molar-refractivity contribution in [3.05, 3.63) is 75.4 Å². The fourth-order valence-electron chi connectivity index (χ4n) is 2.45. The maximum Gasteiger partial charge on any atom is 0.272 e. The predicted molar refractivity (Wildman–Crippen MR) is 105 cm³/mol. The number of methoxy groups -OCH3 is 1. The molecule has 0 aliphatic rings. The first-order valence-corrected chi connectivity index (χ1v) is 8.42. The maximum absolute atomic E-state index is 12.2. The first-order chi connectivity index (χ1) is 11.7. The molecule has 3 aromatic carbocycles. The summed E-state index contributed by atoms with van der Waals surface area (Å²) in [5.41, 5.74) is 4.09. The molecule has 24 heavy (non-hydrogen) atoms. The maximum atomic E-state index is 12.2. The Kier molecular flexibility index (Phi) is 5.10. The molecule has 0 radical (unpaired) electrons. The summed E-state index contributed by atoms with van der Waals surface area (Å²) in [7, 11) is 1.65. The highest BCUT2D eigenvalue weighted by Gasteiger charge is 2.08. The third kappa shape index (κ3) is 3.41. The van der Waals surface area contributed by atoms with Crippen LogP contribution in [0.25, 0.3) is 10.8 Å². The zero-order chi connectivity index (χ0) is 16.9. The summed E-state index contributed by atoms with van der Waals surface area (Å²) in [4.78, 5) is 12.2. The van der Waals surface area contributed by atoms with Crippen molar-refractivity contribution >= 4 is 45.5 Å². The number of hydrogen-bond acceptors (Lipinski definition) is 3. The van der Waals surface area contributed by atoms with E-state index >= 15 is 0 Å². The summed E-state index contributed by atoms with van der Waals surface area (Å²) < 4.78 is 6.27. The molecule has 0 fully saturated rings. The highest BCUT2D eigenvalue weighted by atomic mass is 127. The molecule has 0 heterocycles. The molecule has 1 amide bonds. The van der Waals surface area contributed by atoms with Crippen LogP contribution in [0.15, 0.2) is 65.8 Å². The van der Waals surface area contributed by atoms with Crippen LogP contribution in [-0.2, 0) is 0 Å². The van der Waals surface area contributed by atoms with Gasteiger partial charge in [-0.2, -0.15) is 5.10 Å². The zero-order valence-corrected chi connectivity index (χ0v) is 15.2. The fourth-order valence-corrected chi connectivity index (χ4v) is 3.08. The van der Waals surface area contributed by atoms with E-state index in [4.69, 9.17) is 4.74 Å². The molecule has 0 unspecified atom stereocenters. The van der Waals surface area contributed by atoms with E-state index in [2.05, 4.69) is 33.1 Å². The van der Waals surface area contributed by atoms with Crippen LogP contribution < -0.4 is 10.2 Å². The monoisotopic (exact) mass is 430 g/mol. The van der Waals surface area contributed by atoms with E-state index in [0.717, 1.165) is 25.7 Å². The Morgan fingerprint density at radius 1 is 1.04 bits per heavy atom. The second-order valence-electron chi connectivity index (χ2n) is 5.08. The second-order valence-corrected chi connectivity index (χ2v) is 6.24. The molecular formula is C19H15IN2O2. The lowest BCUT2D eigenvalue weighted by molar-refractivity contribution is 0.0954. The molecular weight excluding hydrogens is 415 g/mol. The summed E-state index contributed by atoms with van der Waals surface area (Å²) in [5.74, 6) is 0.583. The molecule has 5 heteroatoms. The van der Waals surface area contributed by atoms with Gasteiger partial charge in [-0.25, -0.2) is 5.43 Å². The molecule has 4 nitrogen and oxygen atoms in total. The Balaban J connectivity index is 1.84. The van der Waals surface area contributed by atoms with Gasteiger partial charge in [-0.15, -0.1) is 0 Å². The number of ether oxygens (including phenoxy) is 1. The number of rotatable bonds is 4. The molecule has 0 aliphatic carbocycles. The van der Waals surface area contributed by atoms with Gasteiger partial charge >= 0.3 is 0 Å². The van der Waals surface area contributed by atoms with Gasteiger partial charge in [0.25, 0.3) is 5.91 Å². The lowest BCUT2D eigenvalue weighted by Gasteiger charge is -2.07. The zero-order valence-electron chi connectivity index (χ0n) is 13.0. The molecule has 0 saturated carbocycles. The summed E-state index contributed by atoms with van der Waals surface area (Å²) in [5, 5.41) is 6.12. The van der Waals surface area contributed by atoms with Gasteiger partial charge in [0.2, 0.25) is 0 Å². The summed E-state index contributed by atoms with van der Waals surface area (Å²) in [6, 6.07) is 19.1. The van der Waals surface area contributed by atoms with Gasteiger partial charge in [-0.3, -0.25) is 4.79 Å². The van der Waals surface area contributed by atoms with Gasteiger partial charge in [0, 0.05) is 14.5 Å². The number of carbonyl (C=O) groups excluding carboxylic acids is 1. The van der Waals surface area contributed by atoms with E-state index in [1.807, 2.05) is 54.6 Å². The number of carbonyl (C=O) groups is 1. The van der Waals surface area contributed by atoms with Crippen molar-refractivity contribution in [3.63, 3.8) is 0 Å². The van der Waals surface area contributed by atoms with E-state index in [0.29, 0.717) is 5.56 Å². The largest absolute Gasteiger partial charge is 0.496 e. The van der Waals surface area contributed by atoms with Gasteiger partial charge < -0.3 is 4.74 Å². The number of hydrogen-bond donors (Lipinski definition) is 1. The van der Waals surface area contributed by atoms with Crippen molar-refractivity contribution in [1.29, 1.82) is 0 Å². The molecule has 0 aliphatic heterocycles. The van der Waals surface area contributed by atoms with Crippen molar-refractivity contribution < 1.29 is 9.53 Å². The van der Waals surface area contributed by atoms with Crippen LogP contribution in [0.2, 0.25) is 0 Å². The number of nitrogens with one attached hydrogen (secondary N) is 1. The van der Waals surface area contributed by atoms with E-state index < -0.39 is 0 Å². The number of benzene rings is 3. The third-order valence-corrected chi connectivity index (χ3v) is 4.57. The lowest BCUT2D eigenvalue weighted by atomic mass is 10.0. The lowest BCUT2D eigenvalue weighted by Crippen LogP contribution is -2.18. The third-order valence-electron chi connectivity index (χ3n) is 3.63. The Labute approximate surface area is 153 Å². The van der Waals surface area contributed by atoms with Crippen molar-refractivity contribution in [3.8, 4) is 5.75 Å². The molecule has 120 valence electrons. The highest BCUT2D eigenvalue weighted by Crippen LogP contribution is 2.27. The van der Waals surface area contributed by atoms with Gasteiger partial charge in [-0.1, -0.05) is 36.4 Å². The first-order valence-electron chi connectivity index (χ1n) is 7.34. The Morgan fingerprint density at radius 3 is 2.50 bits per heavy atom. The van der Waals surface area contributed by atoms with E-state index in [1.165, 1.54) is 0 Å². The SMILES string of the molecule is COc1ccc(C=NNC(=O)c2ccccc2I)c2ccccc12. The first kappa shape index (κ1) is 16.4.